The van der Waals surface area contributed by atoms with Crippen molar-refractivity contribution in [2.24, 2.45) is 5.92 Å². The summed E-state index contributed by atoms with van der Waals surface area (Å²) in [4.78, 5) is 0. The first-order valence-corrected chi connectivity index (χ1v) is 4.11. The Balaban J connectivity index is 1.96. The summed E-state index contributed by atoms with van der Waals surface area (Å²) in [5.74, 6) is 6.40. The van der Waals surface area contributed by atoms with Gasteiger partial charge in [0.25, 0.3) is 0 Å². The Kier molecular flexibility index (Phi) is 4.03. The van der Waals surface area contributed by atoms with E-state index < -0.39 is 0 Å². The van der Waals surface area contributed by atoms with Gasteiger partial charge in [-0.15, -0.1) is 5.92 Å². The van der Waals surface area contributed by atoms with E-state index in [1.54, 1.807) is 0 Å². The average molecular weight is 153 g/mol. The van der Waals surface area contributed by atoms with E-state index in [2.05, 4.69) is 17.2 Å². The van der Waals surface area contributed by atoms with Crippen molar-refractivity contribution in [3.05, 3.63) is 0 Å². The lowest BCUT2D eigenvalue weighted by Crippen LogP contribution is -2.13. The minimum atomic E-state index is 0.590. The first-order valence-electron chi connectivity index (χ1n) is 4.11. The predicted octanol–water partition coefficient (Wildman–Crippen LogP) is 0.636. The van der Waals surface area contributed by atoms with Crippen LogP contribution in [0.15, 0.2) is 0 Å². The highest BCUT2D eigenvalue weighted by atomic mass is 16.5. The number of hydrogen-bond acceptors (Lipinski definition) is 2. The van der Waals surface area contributed by atoms with Crippen LogP contribution in [0, 0.1) is 17.8 Å². The van der Waals surface area contributed by atoms with Gasteiger partial charge in [-0.05, 0) is 25.8 Å². The summed E-state index contributed by atoms with van der Waals surface area (Å²) in [6.07, 6.45) is 1.25. The van der Waals surface area contributed by atoms with E-state index in [0.29, 0.717) is 12.5 Å². The third kappa shape index (κ3) is 3.41. The molecule has 0 radical (unpaired) electrons. The number of nitrogens with one attached hydrogen (secondary N) is 1. The van der Waals surface area contributed by atoms with E-state index in [1.807, 2.05) is 6.92 Å². The SMILES string of the molecule is CC#CCOCC1CCNC1. The van der Waals surface area contributed by atoms with Crippen molar-refractivity contribution in [3.63, 3.8) is 0 Å². The minimum Gasteiger partial charge on any atom is -0.368 e. The van der Waals surface area contributed by atoms with Crippen LogP contribution in [0.1, 0.15) is 13.3 Å². The van der Waals surface area contributed by atoms with Crippen molar-refractivity contribution in [1.29, 1.82) is 0 Å². The van der Waals surface area contributed by atoms with Gasteiger partial charge in [-0.1, -0.05) is 5.92 Å². The number of ether oxygens (including phenoxy) is 1. The van der Waals surface area contributed by atoms with Gasteiger partial charge in [-0.3, -0.25) is 0 Å². The van der Waals surface area contributed by atoms with Gasteiger partial charge < -0.3 is 10.1 Å². The molecule has 0 saturated carbocycles. The molecule has 0 spiro atoms. The topological polar surface area (TPSA) is 21.3 Å². The van der Waals surface area contributed by atoms with Crippen LogP contribution in [0.25, 0.3) is 0 Å². The highest BCUT2D eigenvalue weighted by molar-refractivity contribution is 4.94. The monoisotopic (exact) mass is 153 g/mol. The van der Waals surface area contributed by atoms with Crippen LogP contribution in [0.5, 0.6) is 0 Å². The quantitative estimate of drug-likeness (QED) is 0.474. The zero-order chi connectivity index (χ0) is 7.94. The van der Waals surface area contributed by atoms with Crippen LogP contribution in [-0.2, 0) is 4.74 Å². The third-order valence-corrected chi connectivity index (χ3v) is 1.87. The molecule has 1 rings (SSSR count). The Bertz CT molecular complexity index is 151. The second-order valence-electron chi connectivity index (χ2n) is 2.80. The van der Waals surface area contributed by atoms with Gasteiger partial charge in [0.05, 0.1) is 6.61 Å². The molecule has 1 N–H and O–H groups in total. The summed E-state index contributed by atoms with van der Waals surface area (Å²) in [5.41, 5.74) is 0. The van der Waals surface area contributed by atoms with Crippen molar-refractivity contribution in [1.82, 2.24) is 5.32 Å². The fraction of sp³-hybridized carbons (Fsp3) is 0.778. The smallest absolute Gasteiger partial charge is 0.107 e. The number of hydrogen-bond donors (Lipinski definition) is 1. The lowest BCUT2D eigenvalue weighted by atomic mass is 10.1. The fourth-order valence-corrected chi connectivity index (χ4v) is 1.21. The van der Waals surface area contributed by atoms with Crippen molar-refractivity contribution < 1.29 is 4.74 Å². The lowest BCUT2D eigenvalue weighted by molar-refractivity contribution is 0.133. The molecular weight excluding hydrogens is 138 g/mol. The summed E-state index contributed by atoms with van der Waals surface area (Å²) < 4.78 is 5.34. The molecule has 1 heterocycles. The molecule has 0 aromatic heterocycles. The summed E-state index contributed by atoms with van der Waals surface area (Å²) in [7, 11) is 0. The molecule has 0 amide bonds. The van der Waals surface area contributed by atoms with Gasteiger partial charge in [0, 0.05) is 6.54 Å². The molecule has 2 nitrogen and oxygen atoms in total. The normalized spacial score (nSPS) is 22.8. The zero-order valence-corrected chi connectivity index (χ0v) is 7.02. The van der Waals surface area contributed by atoms with Crippen molar-refractivity contribution in [2.45, 2.75) is 13.3 Å². The van der Waals surface area contributed by atoms with E-state index in [4.69, 9.17) is 4.74 Å². The molecule has 0 bridgehead atoms. The maximum absolute atomic E-state index is 5.34. The van der Waals surface area contributed by atoms with Crippen molar-refractivity contribution in [2.75, 3.05) is 26.3 Å². The minimum absolute atomic E-state index is 0.590. The highest BCUT2D eigenvalue weighted by Gasteiger charge is 2.13. The molecular formula is C9H15NO. The van der Waals surface area contributed by atoms with Crippen LogP contribution in [0.4, 0.5) is 0 Å². The van der Waals surface area contributed by atoms with Crippen LogP contribution >= 0.6 is 0 Å². The van der Waals surface area contributed by atoms with Crippen LogP contribution < -0.4 is 5.32 Å². The molecule has 0 aromatic carbocycles. The number of rotatable bonds is 3. The van der Waals surface area contributed by atoms with E-state index in [-0.39, 0.29) is 0 Å². The van der Waals surface area contributed by atoms with Crippen molar-refractivity contribution >= 4 is 0 Å². The Morgan fingerprint density at radius 3 is 3.18 bits per heavy atom. The molecule has 62 valence electrons. The molecule has 1 aliphatic heterocycles. The Morgan fingerprint density at radius 2 is 2.55 bits per heavy atom. The largest absolute Gasteiger partial charge is 0.368 e. The average Bonchev–Trinajstić information content (AvgIpc) is 2.50. The maximum atomic E-state index is 5.34. The van der Waals surface area contributed by atoms with E-state index in [1.165, 1.54) is 6.42 Å². The van der Waals surface area contributed by atoms with Gasteiger partial charge in [0.15, 0.2) is 0 Å². The fourth-order valence-electron chi connectivity index (χ4n) is 1.21. The molecule has 1 saturated heterocycles. The molecule has 0 aromatic rings. The molecule has 2 heteroatoms. The van der Waals surface area contributed by atoms with E-state index in [9.17, 15) is 0 Å². The van der Waals surface area contributed by atoms with Gasteiger partial charge in [-0.25, -0.2) is 0 Å². The molecule has 1 fully saturated rings. The molecule has 1 aliphatic rings. The third-order valence-electron chi connectivity index (χ3n) is 1.87. The first kappa shape index (κ1) is 8.58. The first-order chi connectivity index (χ1) is 5.43. The van der Waals surface area contributed by atoms with Gasteiger partial charge in [-0.2, -0.15) is 0 Å². The molecule has 1 unspecified atom stereocenters. The second kappa shape index (κ2) is 5.17. The van der Waals surface area contributed by atoms with Crippen LogP contribution in [0.3, 0.4) is 0 Å². The summed E-state index contributed by atoms with van der Waals surface area (Å²) in [5, 5.41) is 3.30. The van der Waals surface area contributed by atoms with Crippen molar-refractivity contribution in [3.8, 4) is 11.8 Å². The maximum Gasteiger partial charge on any atom is 0.107 e. The molecule has 1 atom stereocenters. The van der Waals surface area contributed by atoms with Gasteiger partial charge >= 0.3 is 0 Å². The van der Waals surface area contributed by atoms with Crippen LogP contribution in [-0.4, -0.2) is 26.3 Å². The zero-order valence-electron chi connectivity index (χ0n) is 7.02. The molecule has 0 aliphatic carbocycles. The second-order valence-corrected chi connectivity index (χ2v) is 2.80. The predicted molar refractivity (Wildman–Crippen MR) is 45.2 cm³/mol. The molecule has 11 heavy (non-hydrogen) atoms. The van der Waals surface area contributed by atoms with Crippen LogP contribution in [0.2, 0.25) is 0 Å². The summed E-state index contributed by atoms with van der Waals surface area (Å²) in [6, 6.07) is 0. The standard InChI is InChI=1S/C9H15NO/c1-2-3-6-11-8-9-4-5-10-7-9/h9-10H,4-8H2,1H3. The van der Waals surface area contributed by atoms with E-state index in [0.717, 1.165) is 19.7 Å². The summed E-state index contributed by atoms with van der Waals surface area (Å²) >= 11 is 0. The Morgan fingerprint density at radius 1 is 1.64 bits per heavy atom. The Labute approximate surface area is 68.3 Å². The summed E-state index contributed by atoms with van der Waals surface area (Å²) in [6.45, 7) is 5.54. The highest BCUT2D eigenvalue weighted by Crippen LogP contribution is 2.06. The van der Waals surface area contributed by atoms with E-state index >= 15 is 0 Å². The van der Waals surface area contributed by atoms with Gasteiger partial charge in [0.2, 0.25) is 0 Å². The Hall–Kier alpha value is -0.520. The lowest BCUT2D eigenvalue weighted by Gasteiger charge is -2.05. The van der Waals surface area contributed by atoms with Gasteiger partial charge in [0.1, 0.15) is 6.61 Å².